The number of hydrogen-bond donors (Lipinski definition) is 2. The fourth-order valence-corrected chi connectivity index (χ4v) is 2.05. The highest BCUT2D eigenvalue weighted by Crippen LogP contribution is 2.11. The summed E-state index contributed by atoms with van der Waals surface area (Å²) in [6.07, 6.45) is 0.141. The highest BCUT2D eigenvalue weighted by Gasteiger charge is 2.08. The Morgan fingerprint density at radius 2 is 1.86 bits per heavy atom. The number of halogens is 1. The molecule has 2 amide bonds. The number of ether oxygens (including phenoxy) is 1. The highest BCUT2D eigenvalue weighted by molar-refractivity contribution is 9.10. The van der Waals surface area contributed by atoms with Crippen LogP contribution in [-0.2, 0) is 14.3 Å². The maximum Gasteiger partial charge on any atom is 0.306 e. The van der Waals surface area contributed by atoms with Crippen LogP contribution >= 0.6 is 15.9 Å². The second kappa shape index (κ2) is 9.94. The van der Waals surface area contributed by atoms with Crippen LogP contribution in [0, 0.1) is 0 Å². The van der Waals surface area contributed by atoms with Gasteiger partial charge in [0.15, 0.2) is 0 Å². The van der Waals surface area contributed by atoms with Crippen molar-refractivity contribution < 1.29 is 19.1 Å². The topological polar surface area (TPSA) is 84.5 Å². The lowest BCUT2D eigenvalue weighted by molar-refractivity contribution is -0.144. The van der Waals surface area contributed by atoms with E-state index in [1.165, 1.54) is 0 Å². The molecule has 0 aliphatic carbocycles. The van der Waals surface area contributed by atoms with E-state index in [0.29, 0.717) is 25.3 Å². The number of carbonyl (C=O) groups excluding carboxylic acids is 3. The molecule has 7 heteroatoms. The normalized spacial score (nSPS) is 9.91. The third-order valence-electron chi connectivity index (χ3n) is 2.68. The van der Waals surface area contributed by atoms with Crippen molar-refractivity contribution in [3.05, 3.63) is 34.3 Å². The zero-order valence-corrected chi connectivity index (χ0v) is 13.9. The summed E-state index contributed by atoms with van der Waals surface area (Å²) in [6.45, 7) is 2.64. The fraction of sp³-hybridized carbons (Fsp3) is 0.400. The summed E-state index contributed by atoms with van der Waals surface area (Å²) in [6, 6.07) is 7.03. The van der Waals surface area contributed by atoms with Gasteiger partial charge in [0.2, 0.25) is 5.91 Å². The molecule has 0 aromatic heterocycles. The van der Waals surface area contributed by atoms with E-state index in [-0.39, 0.29) is 30.6 Å². The lowest BCUT2D eigenvalue weighted by Crippen LogP contribution is -2.34. The Kier molecular flexibility index (Phi) is 8.21. The Labute approximate surface area is 137 Å². The molecule has 2 N–H and O–H groups in total. The Bertz CT molecular complexity index is 534. The lowest BCUT2D eigenvalue weighted by Gasteiger charge is -2.07. The summed E-state index contributed by atoms with van der Waals surface area (Å²) in [5, 5.41) is 5.33. The first kappa shape index (κ1) is 18.2. The molecule has 0 fully saturated rings. The van der Waals surface area contributed by atoms with Crippen LogP contribution in [0.2, 0.25) is 0 Å². The van der Waals surface area contributed by atoms with Crippen molar-refractivity contribution >= 4 is 33.7 Å². The molecular weight excluding hydrogens is 352 g/mol. The summed E-state index contributed by atoms with van der Waals surface area (Å²) in [5.41, 5.74) is 0.544. The van der Waals surface area contributed by atoms with E-state index in [1.54, 1.807) is 25.1 Å². The molecule has 1 aromatic rings. The van der Waals surface area contributed by atoms with E-state index >= 15 is 0 Å². The summed E-state index contributed by atoms with van der Waals surface area (Å²) >= 11 is 3.30. The second-order valence-electron chi connectivity index (χ2n) is 4.42. The standard InChI is InChI=1S/C15H19BrN2O4/c1-2-22-14(20)7-6-13(19)17-8-9-18-15(21)11-4-3-5-12(16)10-11/h3-5,10H,2,6-9H2,1H3,(H,17,19)(H,18,21). The third kappa shape index (κ3) is 7.21. The molecule has 1 rings (SSSR count). The van der Waals surface area contributed by atoms with Crippen LogP contribution in [0.4, 0.5) is 0 Å². The van der Waals surface area contributed by atoms with Gasteiger partial charge in [0.1, 0.15) is 0 Å². The highest BCUT2D eigenvalue weighted by atomic mass is 79.9. The van der Waals surface area contributed by atoms with Gasteiger partial charge in [-0.3, -0.25) is 14.4 Å². The molecule has 0 saturated carbocycles. The predicted octanol–water partition coefficient (Wildman–Crippen LogP) is 1.64. The number of nitrogens with one attached hydrogen (secondary N) is 2. The van der Waals surface area contributed by atoms with Crippen LogP contribution in [0.15, 0.2) is 28.7 Å². The molecule has 0 atom stereocenters. The zero-order valence-electron chi connectivity index (χ0n) is 12.4. The van der Waals surface area contributed by atoms with Crippen LogP contribution in [-0.4, -0.2) is 37.5 Å². The number of amides is 2. The Balaban J connectivity index is 2.18. The van der Waals surface area contributed by atoms with E-state index < -0.39 is 0 Å². The molecule has 0 heterocycles. The minimum Gasteiger partial charge on any atom is -0.466 e. The Hall–Kier alpha value is -1.89. The summed E-state index contributed by atoms with van der Waals surface area (Å²) in [5.74, 6) is -0.840. The van der Waals surface area contributed by atoms with Gasteiger partial charge in [0, 0.05) is 29.5 Å². The largest absolute Gasteiger partial charge is 0.466 e. The van der Waals surface area contributed by atoms with Gasteiger partial charge in [-0.05, 0) is 25.1 Å². The fourth-order valence-electron chi connectivity index (χ4n) is 1.65. The van der Waals surface area contributed by atoms with Gasteiger partial charge >= 0.3 is 5.97 Å². The molecule has 0 aliphatic rings. The van der Waals surface area contributed by atoms with Crippen LogP contribution in [0.3, 0.4) is 0 Å². The van der Waals surface area contributed by atoms with Gasteiger partial charge in [-0.2, -0.15) is 0 Å². The number of carbonyl (C=O) groups is 3. The van der Waals surface area contributed by atoms with Crippen molar-refractivity contribution in [2.75, 3.05) is 19.7 Å². The van der Waals surface area contributed by atoms with Gasteiger partial charge < -0.3 is 15.4 Å². The van der Waals surface area contributed by atoms with E-state index in [0.717, 1.165) is 4.47 Å². The quantitative estimate of drug-likeness (QED) is 0.538. The number of rotatable bonds is 8. The van der Waals surface area contributed by atoms with Gasteiger partial charge in [0.05, 0.1) is 13.0 Å². The van der Waals surface area contributed by atoms with E-state index in [1.807, 2.05) is 6.07 Å². The van der Waals surface area contributed by atoms with Gasteiger partial charge in [0.25, 0.3) is 5.91 Å². The van der Waals surface area contributed by atoms with Crippen molar-refractivity contribution in [1.82, 2.24) is 10.6 Å². The average Bonchev–Trinajstić information content (AvgIpc) is 2.49. The van der Waals surface area contributed by atoms with Crippen molar-refractivity contribution in [3.8, 4) is 0 Å². The average molecular weight is 371 g/mol. The summed E-state index contributed by atoms with van der Waals surface area (Å²) < 4.78 is 5.55. The molecule has 1 aromatic carbocycles. The van der Waals surface area contributed by atoms with Crippen molar-refractivity contribution in [2.45, 2.75) is 19.8 Å². The SMILES string of the molecule is CCOC(=O)CCC(=O)NCCNC(=O)c1cccc(Br)c1. The maximum atomic E-state index is 11.8. The smallest absolute Gasteiger partial charge is 0.306 e. The molecule has 6 nitrogen and oxygen atoms in total. The Morgan fingerprint density at radius 1 is 1.14 bits per heavy atom. The molecular formula is C15H19BrN2O4. The first-order chi connectivity index (χ1) is 10.5. The molecule has 22 heavy (non-hydrogen) atoms. The van der Waals surface area contributed by atoms with Crippen LogP contribution in [0.5, 0.6) is 0 Å². The van der Waals surface area contributed by atoms with Gasteiger partial charge in [-0.15, -0.1) is 0 Å². The molecule has 0 unspecified atom stereocenters. The molecule has 120 valence electrons. The third-order valence-corrected chi connectivity index (χ3v) is 3.17. The molecule has 0 saturated heterocycles. The van der Waals surface area contributed by atoms with Crippen LogP contribution in [0.1, 0.15) is 30.1 Å². The number of benzene rings is 1. The molecule has 0 spiro atoms. The van der Waals surface area contributed by atoms with Gasteiger partial charge in [-0.1, -0.05) is 22.0 Å². The van der Waals surface area contributed by atoms with E-state index in [9.17, 15) is 14.4 Å². The van der Waals surface area contributed by atoms with Crippen LogP contribution in [0.25, 0.3) is 0 Å². The predicted molar refractivity (Wildman–Crippen MR) is 85.4 cm³/mol. The van der Waals surface area contributed by atoms with Gasteiger partial charge in [-0.25, -0.2) is 0 Å². The number of hydrogen-bond acceptors (Lipinski definition) is 4. The first-order valence-corrected chi connectivity index (χ1v) is 7.78. The van der Waals surface area contributed by atoms with Crippen molar-refractivity contribution in [2.24, 2.45) is 0 Å². The molecule has 0 aliphatic heterocycles. The Morgan fingerprint density at radius 3 is 2.55 bits per heavy atom. The minimum atomic E-state index is -0.388. The molecule has 0 bridgehead atoms. The monoisotopic (exact) mass is 370 g/mol. The second-order valence-corrected chi connectivity index (χ2v) is 5.34. The number of esters is 1. The minimum absolute atomic E-state index is 0.0596. The summed E-state index contributed by atoms with van der Waals surface area (Å²) in [7, 11) is 0. The first-order valence-electron chi connectivity index (χ1n) is 6.99. The van der Waals surface area contributed by atoms with E-state index in [4.69, 9.17) is 4.74 Å². The summed E-state index contributed by atoms with van der Waals surface area (Å²) in [4.78, 5) is 34.4. The van der Waals surface area contributed by atoms with E-state index in [2.05, 4.69) is 26.6 Å². The zero-order chi connectivity index (χ0) is 16.4. The lowest BCUT2D eigenvalue weighted by atomic mass is 10.2. The maximum absolute atomic E-state index is 11.8. The van der Waals surface area contributed by atoms with Crippen LogP contribution < -0.4 is 10.6 Å². The van der Waals surface area contributed by atoms with Crippen molar-refractivity contribution in [3.63, 3.8) is 0 Å². The van der Waals surface area contributed by atoms with Crippen molar-refractivity contribution in [1.29, 1.82) is 0 Å². The molecule has 0 radical (unpaired) electrons.